The van der Waals surface area contributed by atoms with E-state index in [0.29, 0.717) is 17.9 Å². The van der Waals surface area contributed by atoms with E-state index < -0.39 is 0 Å². The standard InChI is InChI=1S/C14H20O3/c1-4-6-12(15)10-17-13-8-7-11(5-2)9-14(13)16-3/h7-9H,4-6,10H2,1-3H3. The minimum Gasteiger partial charge on any atom is -0.493 e. The fraction of sp³-hybridized carbons (Fsp3) is 0.500. The van der Waals surface area contributed by atoms with Gasteiger partial charge < -0.3 is 9.47 Å². The first-order valence-electron chi connectivity index (χ1n) is 6.02. The van der Waals surface area contributed by atoms with Gasteiger partial charge in [0.25, 0.3) is 0 Å². The van der Waals surface area contributed by atoms with Gasteiger partial charge in [-0.15, -0.1) is 0 Å². The Labute approximate surface area is 103 Å². The van der Waals surface area contributed by atoms with Crippen LogP contribution in [0.3, 0.4) is 0 Å². The van der Waals surface area contributed by atoms with E-state index >= 15 is 0 Å². The Balaban J connectivity index is 2.67. The molecule has 0 saturated carbocycles. The maximum absolute atomic E-state index is 11.4. The highest BCUT2D eigenvalue weighted by atomic mass is 16.5. The number of ether oxygens (including phenoxy) is 2. The fourth-order valence-electron chi connectivity index (χ4n) is 1.56. The highest BCUT2D eigenvalue weighted by molar-refractivity contribution is 5.79. The molecule has 17 heavy (non-hydrogen) atoms. The van der Waals surface area contributed by atoms with Crippen LogP contribution >= 0.6 is 0 Å². The lowest BCUT2D eigenvalue weighted by molar-refractivity contribution is -0.121. The molecule has 0 aliphatic rings. The van der Waals surface area contributed by atoms with E-state index in [1.165, 1.54) is 5.56 Å². The molecule has 3 heteroatoms. The van der Waals surface area contributed by atoms with E-state index in [1.54, 1.807) is 7.11 Å². The summed E-state index contributed by atoms with van der Waals surface area (Å²) in [6, 6.07) is 5.79. The number of benzene rings is 1. The highest BCUT2D eigenvalue weighted by Gasteiger charge is 2.07. The molecule has 0 unspecified atom stereocenters. The molecule has 3 nitrogen and oxygen atoms in total. The van der Waals surface area contributed by atoms with Gasteiger partial charge in [0.1, 0.15) is 6.61 Å². The first-order valence-corrected chi connectivity index (χ1v) is 6.02. The molecule has 0 aliphatic carbocycles. The number of methoxy groups -OCH3 is 1. The van der Waals surface area contributed by atoms with Gasteiger partial charge in [0, 0.05) is 6.42 Å². The molecular formula is C14H20O3. The smallest absolute Gasteiger partial charge is 0.170 e. The van der Waals surface area contributed by atoms with E-state index in [2.05, 4.69) is 6.92 Å². The van der Waals surface area contributed by atoms with Crippen LogP contribution in [-0.4, -0.2) is 19.5 Å². The van der Waals surface area contributed by atoms with Crippen LogP contribution in [0.4, 0.5) is 0 Å². The molecule has 0 radical (unpaired) electrons. The van der Waals surface area contributed by atoms with Crippen molar-refractivity contribution >= 4 is 5.78 Å². The zero-order valence-corrected chi connectivity index (χ0v) is 10.8. The lowest BCUT2D eigenvalue weighted by atomic mass is 10.1. The monoisotopic (exact) mass is 236 g/mol. The topological polar surface area (TPSA) is 35.5 Å². The molecule has 94 valence electrons. The molecule has 0 fully saturated rings. The second kappa shape index (κ2) is 6.94. The van der Waals surface area contributed by atoms with Crippen LogP contribution in [0, 0.1) is 0 Å². The van der Waals surface area contributed by atoms with Crippen LogP contribution in [0.1, 0.15) is 32.3 Å². The molecule has 0 amide bonds. The summed E-state index contributed by atoms with van der Waals surface area (Å²) in [6.07, 6.45) is 2.37. The molecule has 1 aromatic carbocycles. The van der Waals surface area contributed by atoms with Crippen molar-refractivity contribution in [1.29, 1.82) is 0 Å². The summed E-state index contributed by atoms with van der Waals surface area (Å²) in [4.78, 5) is 11.4. The van der Waals surface area contributed by atoms with E-state index in [-0.39, 0.29) is 12.4 Å². The van der Waals surface area contributed by atoms with Crippen molar-refractivity contribution in [3.05, 3.63) is 23.8 Å². The Morgan fingerprint density at radius 1 is 1.24 bits per heavy atom. The Bertz CT molecular complexity index is 372. The summed E-state index contributed by atoms with van der Waals surface area (Å²) in [5, 5.41) is 0. The van der Waals surface area contributed by atoms with Gasteiger partial charge in [0.2, 0.25) is 0 Å². The summed E-state index contributed by atoms with van der Waals surface area (Å²) in [6.45, 7) is 4.18. The fourth-order valence-corrected chi connectivity index (χ4v) is 1.56. The van der Waals surface area contributed by atoms with Crippen molar-refractivity contribution in [1.82, 2.24) is 0 Å². The first kappa shape index (κ1) is 13.6. The number of hydrogen-bond acceptors (Lipinski definition) is 3. The number of Topliss-reactive ketones (excluding diaryl/α,β-unsaturated/α-hetero) is 1. The number of rotatable bonds is 7. The van der Waals surface area contributed by atoms with Crippen LogP contribution in [-0.2, 0) is 11.2 Å². The molecule has 0 N–H and O–H groups in total. The first-order chi connectivity index (χ1) is 8.21. The number of ketones is 1. The Morgan fingerprint density at radius 2 is 2.00 bits per heavy atom. The molecule has 0 spiro atoms. The van der Waals surface area contributed by atoms with Crippen molar-refractivity contribution in [2.75, 3.05) is 13.7 Å². The van der Waals surface area contributed by atoms with E-state index in [9.17, 15) is 4.79 Å². The SMILES string of the molecule is CCCC(=O)COc1ccc(CC)cc1OC. The average Bonchev–Trinajstić information content (AvgIpc) is 2.36. The summed E-state index contributed by atoms with van der Waals surface area (Å²) in [5.41, 5.74) is 1.19. The molecule has 0 saturated heterocycles. The van der Waals surface area contributed by atoms with Crippen LogP contribution in [0.25, 0.3) is 0 Å². The largest absolute Gasteiger partial charge is 0.493 e. The van der Waals surface area contributed by atoms with Crippen molar-refractivity contribution < 1.29 is 14.3 Å². The highest BCUT2D eigenvalue weighted by Crippen LogP contribution is 2.28. The van der Waals surface area contributed by atoms with Gasteiger partial charge in [-0.25, -0.2) is 0 Å². The molecule has 0 aliphatic heterocycles. The summed E-state index contributed by atoms with van der Waals surface area (Å²) in [7, 11) is 1.61. The normalized spacial score (nSPS) is 10.1. The average molecular weight is 236 g/mol. The van der Waals surface area contributed by atoms with Gasteiger partial charge in [-0.3, -0.25) is 4.79 Å². The molecule has 0 heterocycles. The van der Waals surface area contributed by atoms with Crippen LogP contribution < -0.4 is 9.47 Å². The third kappa shape index (κ3) is 4.10. The van der Waals surface area contributed by atoms with Gasteiger partial charge in [0.05, 0.1) is 7.11 Å². The third-order valence-corrected chi connectivity index (χ3v) is 2.55. The van der Waals surface area contributed by atoms with Crippen molar-refractivity contribution in [3.63, 3.8) is 0 Å². The maximum Gasteiger partial charge on any atom is 0.170 e. The number of hydrogen-bond donors (Lipinski definition) is 0. The Morgan fingerprint density at radius 3 is 2.59 bits per heavy atom. The minimum absolute atomic E-state index is 0.120. The maximum atomic E-state index is 11.4. The van der Waals surface area contributed by atoms with Gasteiger partial charge in [-0.1, -0.05) is 19.9 Å². The van der Waals surface area contributed by atoms with E-state index in [1.807, 2.05) is 25.1 Å². The van der Waals surface area contributed by atoms with E-state index in [4.69, 9.17) is 9.47 Å². The summed E-state index contributed by atoms with van der Waals surface area (Å²) in [5.74, 6) is 1.44. The Hall–Kier alpha value is -1.51. The van der Waals surface area contributed by atoms with Gasteiger partial charge in [0.15, 0.2) is 17.3 Å². The van der Waals surface area contributed by atoms with Crippen LogP contribution in [0.15, 0.2) is 18.2 Å². The number of aryl methyl sites for hydroxylation is 1. The van der Waals surface area contributed by atoms with Gasteiger partial charge >= 0.3 is 0 Å². The lowest BCUT2D eigenvalue weighted by Gasteiger charge is -2.11. The third-order valence-electron chi connectivity index (χ3n) is 2.55. The van der Waals surface area contributed by atoms with E-state index in [0.717, 1.165) is 12.8 Å². The zero-order chi connectivity index (χ0) is 12.7. The lowest BCUT2D eigenvalue weighted by Crippen LogP contribution is -2.11. The molecule has 1 rings (SSSR count). The van der Waals surface area contributed by atoms with Gasteiger partial charge in [-0.2, -0.15) is 0 Å². The molecular weight excluding hydrogens is 216 g/mol. The number of carbonyl (C=O) groups excluding carboxylic acids is 1. The predicted molar refractivity (Wildman–Crippen MR) is 67.8 cm³/mol. The minimum atomic E-state index is 0.120. The molecule has 1 aromatic rings. The van der Waals surface area contributed by atoms with Crippen LogP contribution in [0.5, 0.6) is 11.5 Å². The van der Waals surface area contributed by atoms with Crippen molar-refractivity contribution in [2.45, 2.75) is 33.1 Å². The second-order valence-electron chi connectivity index (χ2n) is 3.92. The zero-order valence-electron chi connectivity index (χ0n) is 10.8. The second-order valence-corrected chi connectivity index (χ2v) is 3.92. The quantitative estimate of drug-likeness (QED) is 0.730. The molecule has 0 bridgehead atoms. The van der Waals surface area contributed by atoms with Gasteiger partial charge in [-0.05, 0) is 30.5 Å². The van der Waals surface area contributed by atoms with Crippen molar-refractivity contribution in [3.8, 4) is 11.5 Å². The predicted octanol–water partition coefficient (Wildman–Crippen LogP) is 3.01. The molecule has 0 aromatic heterocycles. The molecule has 0 atom stereocenters. The number of carbonyl (C=O) groups is 1. The summed E-state index contributed by atoms with van der Waals surface area (Å²) < 4.78 is 10.7. The summed E-state index contributed by atoms with van der Waals surface area (Å²) >= 11 is 0. The Kier molecular flexibility index (Phi) is 5.53. The van der Waals surface area contributed by atoms with Crippen LogP contribution in [0.2, 0.25) is 0 Å². The van der Waals surface area contributed by atoms with Crippen molar-refractivity contribution in [2.24, 2.45) is 0 Å².